The van der Waals surface area contributed by atoms with Crippen LogP contribution in [0.5, 0.6) is 0 Å². The molecule has 1 aliphatic carbocycles. The predicted octanol–water partition coefficient (Wildman–Crippen LogP) is 0.892. The fraction of sp³-hybridized carbons (Fsp3) is 0.357. The van der Waals surface area contributed by atoms with Gasteiger partial charge in [-0.15, -0.1) is 0 Å². The second kappa shape index (κ2) is 5.51. The fourth-order valence-electron chi connectivity index (χ4n) is 1.60. The topological polar surface area (TPSA) is 55.1 Å². The standard InChI is InChI=1S/C14H16N2O/c15-13(12-7-8-12)10-16-14(17)9-6-11-4-2-1-3-5-11/h1-5,12-13H,7-8,10,15H2,(H,16,17). The molecule has 0 aromatic heterocycles. The highest BCUT2D eigenvalue weighted by Crippen LogP contribution is 2.31. The summed E-state index contributed by atoms with van der Waals surface area (Å²) in [5.41, 5.74) is 6.71. The minimum absolute atomic E-state index is 0.0810. The van der Waals surface area contributed by atoms with Gasteiger partial charge in [-0.2, -0.15) is 0 Å². The van der Waals surface area contributed by atoms with E-state index in [9.17, 15) is 4.79 Å². The summed E-state index contributed by atoms with van der Waals surface area (Å²) in [5, 5.41) is 2.74. The number of rotatable bonds is 3. The first-order valence-corrected chi connectivity index (χ1v) is 5.86. The lowest BCUT2D eigenvalue weighted by molar-refractivity contribution is -0.115. The third-order valence-electron chi connectivity index (χ3n) is 2.82. The zero-order valence-electron chi connectivity index (χ0n) is 9.65. The second-order valence-corrected chi connectivity index (χ2v) is 4.33. The Labute approximate surface area is 101 Å². The maximum absolute atomic E-state index is 11.4. The minimum Gasteiger partial charge on any atom is -0.344 e. The molecule has 3 nitrogen and oxygen atoms in total. The normalized spacial score (nSPS) is 15.6. The molecule has 2 rings (SSSR count). The summed E-state index contributed by atoms with van der Waals surface area (Å²) >= 11 is 0. The van der Waals surface area contributed by atoms with Crippen molar-refractivity contribution in [2.45, 2.75) is 18.9 Å². The summed E-state index contributed by atoms with van der Waals surface area (Å²) in [6, 6.07) is 9.53. The Bertz CT molecular complexity index is 440. The molecular formula is C14H16N2O. The minimum atomic E-state index is -0.259. The van der Waals surface area contributed by atoms with Crippen molar-refractivity contribution in [3.05, 3.63) is 35.9 Å². The Morgan fingerprint density at radius 2 is 2.12 bits per heavy atom. The van der Waals surface area contributed by atoms with E-state index >= 15 is 0 Å². The van der Waals surface area contributed by atoms with E-state index in [1.807, 2.05) is 30.3 Å². The lowest BCUT2D eigenvalue weighted by Gasteiger charge is -2.08. The molecule has 1 atom stereocenters. The van der Waals surface area contributed by atoms with Crippen LogP contribution in [0.4, 0.5) is 0 Å². The lowest BCUT2D eigenvalue weighted by atomic mass is 10.2. The molecule has 0 spiro atoms. The van der Waals surface area contributed by atoms with Crippen molar-refractivity contribution in [2.75, 3.05) is 6.54 Å². The molecule has 17 heavy (non-hydrogen) atoms. The summed E-state index contributed by atoms with van der Waals surface area (Å²) in [6.45, 7) is 0.521. The Morgan fingerprint density at radius 3 is 2.76 bits per heavy atom. The molecule has 1 amide bonds. The number of amides is 1. The molecule has 1 saturated carbocycles. The molecule has 1 fully saturated rings. The maximum Gasteiger partial charge on any atom is 0.296 e. The maximum atomic E-state index is 11.4. The number of carbonyl (C=O) groups excluding carboxylic acids is 1. The van der Waals surface area contributed by atoms with E-state index in [4.69, 9.17) is 5.73 Å². The van der Waals surface area contributed by atoms with Gasteiger partial charge >= 0.3 is 0 Å². The third kappa shape index (κ3) is 3.93. The number of benzene rings is 1. The van der Waals surface area contributed by atoms with Gasteiger partial charge in [0, 0.05) is 24.1 Å². The largest absolute Gasteiger partial charge is 0.344 e. The highest BCUT2D eigenvalue weighted by molar-refractivity contribution is 5.94. The van der Waals surface area contributed by atoms with Crippen LogP contribution in [0.1, 0.15) is 18.4 Å². The van der Waals surface area contributed by atoms with Gasteiger partial charge < -0.3 is 11.1 Å². The lowest BCUT2D eigenvalue weighted by Crippen LogP contribution is -2.38. The van der Waals surface area contributed by atoms with Gasteiger partial charge in [-0.05, 0) is 30.9 Å². The smallest absolute Gasteiger partial charge is 0.296 e. The average Bonchev–Trinajstić information content (AvgIpc) is 3.19. The molecule has 0 heterocycles. The highest BCUT2D eigenvalue weighted by atomic mass is 16.1. The quantitative estimate of drug-likeness (QED) is 0.755. The van der Waals surface area contributed by atoms with E-state index in [2.05, 4.69) is 17.2 Å². The van der Waals surface area contributed by atoms with E-state index < -0.39 is 0 Å². The molecule has 1 aliphatic rings. The number of nitrogens with two attached hydrogens (primary N) is 1. The molecule has 88 valence electrons. The Morgan fingerprint density at radius 1 is 1.41 bits per heavy atom. The molecule has 0 saturated heterocycles. The molecule has 3 N–H and O–H groups in total. The SMILES string of the molecule is NC(CNC(=O)C#Cc1ccccc1)C1CC1. The molecule has 1 aromatic rings. The first kappa shape index (κ1) is 11.7. The van der Waals surface area contributed by atoms with Crippen LogP contribution >= 0.6 is 0 Å². The van der Waals surface area contributed by atoms with E-state index in [-0.39, 0.29) is 11.9 Å². The van der Waals surface area contributed by atoms with Gasteiger partial charge in [0.15, 0.2) is 0 Å². The number of carbonyl (C=O) groups is 1. The van der Waals surface area contributed by atoms with E-state index in [0.29, 0.717) is 12.5 Å². The summed E-state index contributed by atoms with van der Waals surface area (Å²) in [5.74, 6) is 5.70. The van der Waals surface area contributed by atoms with Gasteiger partial charge in [-0.3, -0.25) is 4.79 Å². The molecule has 0 radical (unpaired) electrons. The van der Waals surface area contributed by atoms with Crippen LogP contribution < -0.4 is 11.1 Å². The van der Waals surface area contributed by atoms with Crippen LogP contribution in [-0.4, -0.2) is 18.5 Å². The average molecular weight is 228 g/mol. The van der Waals surface area contributed by atoms with Crippen molar-refractivity contribution in [3.63, 3.8) is 0 Å². The van der Waals surface area contributed by atoms with Gasteiger partial charge in [0.05, 0.1) is 0 Å². The first-order valence-electron chi connectivity index (χ1n) is 5.86. The van der Waals surface area contributed by atoms with Crippen LogP contribution in [-0.2, 0) is 4.79 Å². The first-order chi connectivity index (χ1) is 8.25. The van der Waals surface area contributed by atoms with Crippen molar-refractivity contribution in [2.24, 2.45) is 11.7 Å². The predicted molar refractivity (Wildman–Crippen MR) is 67.0 cm³/mol. The van der Waals surface area contributed by atoms with E-state index in [1.165, 1.54) is 12.8 Å². The zero-order chi connectivity index (χ0) is 12.1. The summed E-state index contributed by atoms with van der Waals surface area (Å²) < 4.78 is 0. The van der Waals surface area contributed by atoms with Crippen molar-refractivity contribution in [1.82, 2.24) is 5.32 Å². The zero-order valence-corrected chi connectivity index (χ0v) is 9.65. The van der Waals surface area contributed by atoms with Crippen LogP contribution in [0.3, 0.4) is 0 Å². The fourth-order valence-corrected chi connectivity index (χ4v) is 1.60. The van der Waals surface area contributed by atoms with Crippen molar-refractivity contribution < 1.29 is 4.79 Å². The number of hydrogen-bond acceptors (Lipinski definition) is 2. The molecule has 3 heteroatoms. The van der Waals surface area contributed by atoms with E-state index in [1.54, 1.807) is 0 Å². The summed E-state index contributed by atoms with van der Waals surface area (Å²) in [7, 11) is 0. The molecule has 1 aromatic carbocycles. The van der Waals surface area contributed by atoms with Crippen LogP contribution in [0.25, 0.3) is 0 Å². The van der Waals surface area contributed by atoms with Gasteiger partial charge in [-0.1, -0.05) is 24.1 Å². The van der Waals surface area contributed by atoms with Crippen molar-refractivity contribution >= 4 is 5.91 Å². The van der Waals surface area contributed by atoms with Crippen LogP contribution in [0.2, 0.25) is 0 Å². The van der Waals surface area contributed by atoms with Gasteiger partial charge in [-0.25, -0.2) is 0 Å². The molecular weight excluding hydrogens is 212 g/mol. The van der Waals surface area contributed by atoms with Gasteiger partial charge in [0.25, 0.3) is 5.91 Å². The summed E-state index contributed by atoms with van der Waals surface area (Å²) in [6.07, 6.45) is 2.37. The van der Waals surface area contributed by atoms with Gasteiger partial charge in [0.2, 0.25) is 0 Å². The van der Waals surface area contributed by atoms with Crippen molar-refractivity contribution in [3.8, 4) is 11.8 Å². The second-order valence-electron chi connectivity index (χ2n) is 4.33. The molecule has 1 unspecified atom stereocenters. The number of hydrogen-bond donors (Lipinski definition) is 2. The highest BCUT2D eigenvalue weighted by Gasteiger charge is 2.28. The summed E-state index contributed by atoms with van der Waals surface area (Å²) in [4.78, 5) is 11.4. The Balaban J connectivity index is 1.79. The molecule has 0 bridgehead atoms. The Kier molecular flexibility index (Phi) is 3.79. The van der Waals surface area contributed by atoms with Crippen LogP contribution in [0.15, 0.2) is 30.3 Å². The van der Waals surface area contributed by atoms with E-state index in [0.717, 1.165) is 5.56 Å². The Hall–Kier alpha value is -1.79. The van der Waals surface area contributed by atoms with Crippen LogP contribution in [0, 0.1) is 17.8 Å². The number of nitrogens with one attached hydrogen (secondary N) is 1. The third-order valence-corrected chi connectivity index (χ3v) is 2.82. The molecule has 0 aliphatic heterocycles. The van der Waals surface area contributed by atoms with Crippen molar-refractivity contribution in [1.29, 1.82) is 0 Å². The van der Waals surface area contributed by atoms with Gasteiger partial charge in [0.1, 0.15) is 0 Å². The monoisotopic (exact) mass is 228 g/mol.